The van der Waals surface area contributed by atoms with Gasteiger partial charge in [-0.2, -0.15) is 0 Å². The van der Waals surface area contributed by atoms with Gasteiger partial charge in [-0.3, -0.25) is 4.79 Å². The van der Waals surface area contributed by atoms with Crippen LogP contribution in [-0.2, 0) is 26.1 Å². The Balaban J connectivity index is 0.00000274. The standard InChI is InChI=1S/C26H31N5O2.ClH/c1-3-11-31-18(2)22(17-32)21-15-23(26(33)29-13-9-27-10-14-29)28-25(24(21)31)30-12-8-19-6-4-5-7-20(19)16-30;/h3-7,15,27,32H,1,8-14,16-17H2,2H3;1H. The summed E-state index contributed by atoms with van der Waals surface area (Å²) in [5.41, 5.74) is 5.91. The number of hydrogen-bond donors (Lipinski definition) is 2. The molecule has 0 spiro atoms. The lowest BCUT2D eigenvalue weighted by Gasteiger charge is -2.31. The molecule has 2 aliphatic rings. The number of pyridine rings is 1. The fourth-order valence-corrected chi connectivity index (χ4v) is 5.14. The van der Waals surface area contributed by atoms with Crippen LogP contribution in [0.3, 0.4) is 0 Å². The van der Waals surface area contributed by atoms with Gasteiger partial charge in [-0.25, -0.2) is 4.98 Å². The third kappa shape index (κ3) is 4.19. The molecule has 8 heteroatoms. The average Bonchev–Trinajstić information content (AvgIpc) is 3.13. The molecule has 3 aromatic rings. The van der Waals surface area contributed by atoms with Crippen LogP contribution in [0.1, 0.15) is 32.9 Å². The molecule has 0 bridgehead atoms. The number of anilines is 1. The number of nitrogens with zero attached hydrogens (tertiary/aromatic N) is 4. The van der Waals surface area contributed by atoms with Gasteiger partial charge in [0.05, 0.1) is 12.1 Å². The molecule has 1 fully saturated rings. The summed E-state index contributed by atoms with van der Waals surface area (Å²) in [4.78, 5) is 22.6. The van der Waals surface area contributed by atoms with Crippen LogP contribution in [0.5, 0.6) is 0 Å². The summed E-state index contributed by atoms with van der Waals surface area (Å²) >= 11 is 0. The molecule has 180 valence electrons. The van der Waals surface area contributed by atoms with Gasteiger partial charge in [-0.1, -0.05) is 30.3 Å². The first-order valence-electron chi connectivity index (χ1n) is 11.7. The first-order valence-corrected chi connectivity index (χ1v) is 11.7. The summed E-state index contributed by atoms with van der Waals surface area (Å²) in [7, 11) is 0. The quantitative estimate of drug-likeness (QED) is 0.548. The number of fused-ring (bicyclic) bond motifs is 2. The Morgan fingerprint density at radius 3 is 2.65 bits per heavy atom. The smallest absolute Gasteiger partial charge is 0.272 e. The fraction of sp³-hybridized carbons (Fsp3) is 0.385. The Kier molecular flexibility index (Phi) is 7.26. The van der Waals surface area contributed by atoms with E-state index in [4.69, 9.17) is 4.98 Å². The number of aromatic nitrogens is 2. The monoisotopic (exact) mass is 481 g/mol. The van der Waals surface area contributed by atoms with E-state index in [1.807, 2.05) is 24.0 Å². The number of amides is 1. The summed E-state index contributed by atoms with van der Waals surface area (Å²) < 4.78 is 2.16. The number of benzene rings is 1. The van der Waals surface area contributed by atoms with Crippen LogP contribution in [0, 0.1) is 6.92 Å². The molecule has 2 aliphatic heterocycles. The maximum absolute atomic E-state index is 13.4. The second kappa shape index (κ2) is 10.2. The number of carbonyl (C=O) groups excluding carboxylic acids is 1. The molecular weight excluding hydrogens is 450 g/mol. The predicted molar refractivity (Wildman–Crippen MR) is 138 cm³/mol. The zero-order chi connectivity index (χ0) is 22.9. The van der Waals surface area contributed by atoms with Crippen molar-refractivity contribution in [3.63, 3.8) is 0 Å². The van der Waals surface area contributed by atoms with Crippen molar-refractivity contribution in [2.24, 2.45) is 0 Å². The minimum absolute atomic E-state index is 0. The SMILES string of the molecule is C=CCn1c(C)c(CO)c2cc(C(=O)N3CCNCC3)nc(N3CCc4ccccc4C3)c21.Cl. The molecule has 7 nitrogen and oxygen atoms in total. The van der Waals surface area contributed by atoms with E-state index in [1.165, 1.54) is 11.1 Å². The van der Waals surface area contributed by atoms with E-state index >= 15 is 0 Å². The topological polar surface area (TPSA) is 73.6 Å². The largest absolute Gasteiger partial charge is 0.392 e. The van der Waals surface area contributed by atoms with Crippen molar-refractivity contribution < 1.29 is 9.90 Å². The zero-order valence-corrected chi connectivity index (χ0v) is 20.4. The van der Waals surface area contributed by atoms with Gasteiger partial charge in [0, 0.05) is 62.5 Å². The van der Waals surface area contributed by atoms with Crippen LogP contribution >= 0.6 is 12.4 Å². The maximum Gasteiger partial charge on any atom is 0.272 e. The van der Waals surface area contributed by atoms with E-state index in [0.29, 0.717) is 25.3 Å². The molecule has 34 heavy (non-hydrogen) atoms. The third-order valence-corrected chi connectivity index (χ3v) is 6.93. The first kappa shape index (κ1) is 24.3. The van der Waals surface area contributed by atoms with E-state index in [0.717, 1.165) is 60.6 Å². The Bertz CT molecular complexity index is 1220. The van der Waals surface area contributed by atoms with Gasteiger partial charge in [0.1, 0.15) is 5.69 Å². The van der Waals surface area contributed by atoms with Crippen molar-refractivity contribution >= 4 is 35.0 Å². The minimum Gasteiger partial charge on any atom is -0.392 e. The van der Waals surface area contributed by atoms with Crippen molar-refractivity contribution in [3.05, 3.63) is 71.1 Å². The normalized spacial score (nSPS) is 15.7. The summed E-state index contributed by atoms with van der Waals surface area (Å²) in [6.45, 7) is 11.0. The summed E-state index contributed by atoms with van der Waals surface area (Å²) in [6, 6.07) is 10.4. The number of halogens is 1. The zero-order valence-electron chi connectivity index (χ0n) is 19.6. The molecule has 2 N–H and O–H groups in total. The van der Waals surface area contributed by atoms with E-state index in [-0.39, 0.29) is 24.9 Å². The van der Waals surface area contributed by atoms with Crippen LogP contribution in [0.25, 0.3) is 10.9 Å². The number of rotatable bonds is 5. The van der Waals surface area contributed by atoms with Crippen molar-refractivity contribution in [1.82, 2.24) is 19.8 Å². The van der Waals surface area contributed by atoms with Gasteiger partial charge < -0.3 is 24.8 Å². The molecule has 5 rings (SSSR count). The van der Waals surface area contributed by atoms with Gasteiger partial charge in [0.25, 0.3) is 5.91 Å². The second-order valence-corrected chi connectivity index (χ2v) is 8.83. The molecular formula is C26H32ClN5O2. The molecule has 0 radical (unpaired) electrons. The van der Waals surface area contributed by atoms with E-state index in [2.05, 4.69) is 45.6 Å². The lowest BCUT2D eigenvalue weighted by atomic mass is 9.99. The van der Waals surface area contributed by atoms with Crippen LogP contribution in [0.15, 0.2) is 43.0 Å². The van der Waals surface area contributed by atoms with Crippen LogP contribution < -0.4 is 10.2 Å². The van der Waals surface area contributed by atoms with E-state index < -0.39 is 0 Å². The Morgan fingerprint density at radius 2 is 1.94 bits per heavy atom. The Morgan fingerprint density at radius 1 is 1.21 bits per heavy atom. The minimum atomic E-state index is -0.0833. The molecule has 0 saturated carbocycles. The third-order valence-electron chi connectivity index (χ3n) is 6.93. The summed E-state index contributed by atoms with van der Waals surface area (Å²) in [6.07, 6.45) is 2.80. The number of aliphatic hydroxyl groups excluding tert-OH is 1. The maximum atomic E-state index is 13.4. The molecule has 1 saturated heterocycles. The molecule has 0 aliphatic carbocycles. The van der Waals surface area contributed by atoms with Gasteiger partial charge in [-0.15, -0.1) is 19.0 Å². The van der Waals surface area contributed by atoms with E-state index in [9.17, 15) is 9.90 Å². The molecule has 4 heterocycles. The Hall–Kier alpha value is -2.87. The highest BCUT2D eigenvalue weighted by atomic mass is 35.5. The molecule has 1 amide bonds. The van der Waals surface area contributed by atoms with Crippen molar-refractivity contribution in [2.75, 3.05) is 37.6 Å². The van der Waals surface area contributed by atoms with Crippen molar-refractivity contribution in [2.45, 2.75) is 33.0 Å². The number of nitrogens with one attached hydrogen (secondary N) is 1. The predicted octanol–water partition coefficient (Wildman–Crippen LogP) is 3.05. The summed E-state index contributed by atoms with van der Waals surface area (Å²) in [5, 5.41) is 14.4. The van der Waals surface area contributed by atoms with Gasteiger partial charge >= 0.3 is 0 Å². The van der Waals surface area contributed by atoms with Crippen molar-refractivity contribution in [1.29, 1.82) is 0 Å². The average molecular weight is 482 g/mol. The molecule has 0 unspecified atom stereocenters. The fourth-order valence-electron chi connectivity index (χ4n) is 5.14. The second-order valence-electron chi connectivity index (χ2n) is 8.83. The van der Waals surface area contributed by atoms with Crippen LogP contribution in [-0.4, -0.2) is 58.2 Å². The lowest BCUT2D eigenvalue weighted by Crippen LogP contribution is -2.46. The summed E-state index contributed by atoms with van der Waals surface area (Å²) in [5.74, 6) is 0.764. The molecule has 2 aromatic heterocycles. The molecule has 0 atom stereocenters. The van der Waals surface area contributed by atoms with Gasteiger partial charge in [0.15, 0.2) is 5.82 Å². The van der Waals surface area contributed by atoms with Crippen LogP contribution in [0.4, 0.5) is 5.82 Å². The number of allylic oxidation sites excluding steroid dienone is 1. The number of carbonyl (C=O) groups is 1. The highest BCUT2D eigenvalue weighted by molar-refractivity contribution is 6.01. The van der Waals surface area contributed by atoms with Crippen LogP contribution in [0.2, 0.25) is 0 Å². The Labute approximate surface area is 206 Å². The molecule has 1 aromatic carbocycles. The lowest BCUT2D eigenvalue weighted by molar-refractivity contribution is 0.0730. The highest BCUT2D eigenvalue weighted by Crippen LogP contribution is 2.35. The van der Waals surface area contributed by atoms with Gasteiger partial charge in [0.2, 0.25) is 0 Å². The first-order chi connectivity index (χ1) is 16.1. The van der Waals surface area contributed by atoms with Gasteiger partial charge in [-0.05, 0) is 30.5 Å². The number of piperazine rings is 1. The highest BCUT2D eigenvalue weighted by Gasteiger charge is 2.27. The van der Waals surface area contributed by atoms with E-state index in [1.54, 1.807) is 0 Å². The number of aliphatic hydroxyl groups is 1. The number of hydrogen-bond acceptors (Lipinski definition) is 5. The van der Waals surface area contributed by atoms with Crippen molar-refractivity contribution in [3.8, 4) is 0 Å².